The summed E-state index contributed by atoms with van der Waals surface area (Å²) in [6.07, 6.45) is 4.66. The molecular formula is C22H28N2O3. The number of ether oxygens (including phenoxy) is 1. The summed E-state index contributed by atoms with van der Waals surface area (Å²) in [5.74, 6) is 0.150. The Hall–Kier alpha value is -2.40. The van der Waals surface area contributed by atoms with Gasteiger partial charge in [-0.15, -0.1) is 0 Å². The molecule has 1 atom stereocenters. The van der Waals surface area contributed by atoms with Crippen molar-refractivity contribution in [2.45, 2.75) is 52.2 Å². The molecular weight excluding hydrogens is 340 g/mol. The van der Waals surface area contributed by atoms with Crippen LogP contribution in [0.2, 0.25) is 0 Å². The molecule has 0 radical (unpaired) electrons. The zero-order valence-electron chi connectivity index (χ0n) is 16.1. The van der Waals surface area contributed by atoms with Crippen LogP contribution in [0.25, 0.3) is 0 Å². The first-order valence-electron chi connectivity index (χ1n) is 9.68. The third kappa shape index (κ3) is 5.30. The van der Waals surface area contributed by atoms with E-state index in [1.807, 2.05) is 24.4 Å². The molecule has 3 rings (SSSR count). The lowest BCUT2D eigenvalue weighted by Crippen LogP contribution is -2.34. The van der Waals surface area contributed by atoms with E-state index in [0.717, 1.165) is 49.5 Å². The fourth-order valence-corrected chi connectivity index (χ4v) is 3.49. The second-order valence-corrected chi connectivity index (χ2v) is 7.24. The number of aromatic nitrogens is 1. The maximum Gasteiger partial charge on any atom is 0.303 e. The number of fused-ring (bicyclic) bond motifs is 1. The second kappa shape index (κ2) is 9.00. The lowest BCUT2D eigenvalue weighted by molar-refractivity contribution is -0.136. The van der Waals surface area contributed by atoms with Crippen molar-refractivity contribution in [3.8, 4) is 5.75 Å². The molecule has 1 aliphatic heterocycles. The largest absolute Gasteiger partial charge is 0.487 e. The van der Waals surface area contributed by atoms with Crippen molar-refractivity contribution in [2.24, 2.45) is 0 Å². The van der Waals surface area contributed by atoms with Gasteiger partial charge in [0.2, 0.25) is 0 Å². The number of carboxylic acid groups (broad SMARTS) is 1. The Morgan fingerprint density at radius 3 is 2.96 bits per heavy atom. The second-order valence-electron chi connectivity index (χ2n) is 7.24. The molecule has 0 fully saturated rings. The Morgan fingerprint density at radius 1 is 1.33 bits per heavy atom. The summed E-state index contributed by atoms with van der Waals surface area (Å²) >= 11 is 0. The highest BCUT2D eigenvalue weighted by Crippen LogP contribution is 2.24. The number of hydrogen-bond donors (Lipinski definition) is 1. The molecule has 1 N–H and O–H groups in total. The number of hydrogen-bond acceptors (Lipinski definition) is 4. The summed E-state index contributed by atoms with van der Waals surface area (Å²) in [7, 11) is 0. The molecule has 27 heavy (non-hydrogen) atoms. The molecule has 0 bridgehead atoms. The molecule has 0 amide bonds. The Morgan fingerprint density at radius 2 is 2.19 bits per heavy atom. The summed E-state index contributed by atoms with van der Waals surface area (Å²) in [4.78, 5) is 17.7. The monoisotopic (exact) mass is 368 g/mol. The van der Waals surface area contributed by atoms with Gasteiger partial charge in [-0.25, -0.2) is 0 Å². The van der Waals surface area contributed by atoms with E-state index in [1.54, 1.807) is 0 Å². The number of benzene rings is 1. The quantitative estimate of drug-likeness (QED) is 0.809. The summed E-state index contributed by atoms with van der Waals surface area (Å²) in [6.45, 7) is 6.89. The molecule has 1 aliphatic rings. The summed E-state index contributed by atoms with van der Waals surface area (Å²) < 4.78 is 6.13. The smallest absolute Gasteiger partial charge is 0.303 e. The third-order valence-electron chi connectivity index (χ3n) is 5.17. The van der Waals surface area contributed by atoms with Gasteiger partial charge in [0.05, 0.1) is 5.69 Å². The average molecular weight is 368 g/mol. The van der Waals surface area contributed by atoms with Gasteiger partial charge < -0.3 is 9.84 Å². The highest BCUT2D eigenvalue weighted by Gasteiger charge is 2.22. The number of aliphatic carboxylic acids is 1. The van der Waals surface area contributed by atoms with Crippen LogP contribution in [-0.2, 0) is 24.2 Å². The van der Waals surface area contributed by atoms with Crippen molar-refractivity contribution in [3.63, 3.8) is 0 Å². The number of aryl methyl sites for hydroxylation is 2. The number of carbonyl (C=O) groups is 1. The third-order valence-corrected chi connectivity index (χ3v) is 5.17. The highest BCUT2D eigenvalue weighted by molar-refractivity contribution is 5.67. The molecule has 0 spiro atoms. The van der Waals surface area contributed by atoms with Gasteiger partial charge in [-0.3, -0.25) is 14.7 Å². The molecule has 144 valence electrons. The molecule has 1 aromatic heterocycles. The van der Waals surface area contributed by atoms with Crippen LogP contribution in [0, 0.1) is 6.92 Å². The lowest BCUT2D eigenvalue weighted by Gasteiger charge is -2.23. The first-order chi connectivity index (χ1) is 13.0. The van der Waals surface area contributed by atoms with Gasteiger partial charge in [0.1, 0.15) is 11.9 Å². The number of pyridine rings is 1. The van der Waals surface area contributed by atoms with E-state index in [-0.39, 0.29) is 12.5 Å². The normalized spacial score (nSPS) is 17.0. The molecule has 2 aromatic rings. The van der Waals surface area contributed by atoms with Gasteiger partial charge in [-0.05, 0) is 55.0 Å². The molecule has 0 unspecified atom stereocenters. The van der Waals surface area contributed by atoms with Gasteiger partial charge >= 0.3 is 5.97 Å². The number of nitrogens with zero attached hydrogens (tertiary/aromatic N) is 2. The topological polar surface area (TPSA) is 62.7 Å². The predicted molar refractivity (Wildman–Crippen MR) is 105 cm³/mol. The summed E-state index contributed by atoms with van der Waals surface area (Å²) in [6, 6.07) is 10.2. The zero-order chi connectivity index (χ0) is 19.2. The van der Waals surface area contributed by atoms with Crippen molar-refractivity contribution in [3.05, 3.63) is 58.9 Å². The van der Waals surface area contributed by atoms with Crippen LogP contribution in [0.4, 0.5) is 0 Å². The van der Waals surface area contributed by atoms with Crippen LogP contribution >= 0.6 is 0 Å². The molecule has 0 saturated heterocycles. The lowest BCUT2D eigenvalue weighted by atomic mass is 9.99. The van der Waals surface area contributed by atoms with Gasteiger partial charge in [0.15, 0.2) is 0 Å². The van der Waals surface area contributed by atoms with Crippen LogP contribution in [0.15, 0.2) is 36.5 Å². The molecule has 5 heteroatoms. The minimum Gasteiger partial charge on any atom is -0.487 e. The van der Waals surface area contributed by atoms with Crippen LogP contribution in [0.1, 0.15) is 42.1 Å². The van der Waals surface area contributed by atoms with E-state index in [2.05, 4.69) is 35.9 Å². The molecule has 0 saturated carbocycles. The Kier molecular flexibility index (Phi) is 6.45. The standard InChI is InChI=1S/C22H28N2O3/c1-3-19-14-24(15-20-21(27-19)5-4-11-23-20)12-10-18-13-17(7-6-16(18)2)8-9-22(25)26/h4-7,11,13,19H,3,8-10,12,14-15H2,1-2H3,(H,25,26)/t19-/m1/s1. The Bertz CT molecular complexity index is 791. The van der Waals surface area contributed by atoms with Crippen molar-refractivity contribution >= 4 is 5.97 Å². The van der Waals surface area contributed by atoms with Crippen LogP contribution in [0.5, 0.6) is 5.75 Å². The van der Waals surface area contributed by atoms with Crippen LogP contribution < -0.4 is 4.74 Å². The van der Waals surface area contributed by atoms with Gasteiger partial charge in [0.25, 0.3) is 0 Å². The first kappa shape index (κ1) is 19.4. The fraction of sp³-hybridized carbons (Fsp3) is 0.455. The zero-order valence-corrected chi connectivity index (χ0v) is 16.1. The fourth-order valence-electron chi connectivity index (χ4n) is 3.49. The number of rotatable bonds is 7. The van der Waals surface area contributed by atoms with E-state index in [9.17, 15) is 4.79 Å². The summed E-state index contributed by atoms with van der Waals surface area (Å²) in [5.41, 5.74) is 4.64. The average Bonchev–Trinajstić information content (AvgIpc) is 2.85. The minimum absolute atomic E-state index is 0.173. The predicted octanol–water partition coefficient (Wildman–Crippen LogP) is 3.62. The number of carboxylic acids is 1. The van der Waals surface area contributed by atoms with Crippen molar-refractivity contribution in [2.75, 3.05) is 13.1 Å². The molecule has 2 heterocycles. The van der Waals surface area contributed by atoms with Gasteiger partial charge in [0, 0.05) is 32.3 Å². The molecule has 0 aliphatic carbocycles. The minimum atomic E-state index is -0.751. The van der Waals surface area contributed by atoms with E-state index in [0.29, 0.717) is 6.42 Å². The Balaban J connectivity index is 1.68. The first-order valence-corrected chi connectivity index (χ1v) is 9.68. The van der Waals surface area contributed by atoms with Crippen LogP contribution in [0.3, 0.4) is 0 Å². The van der Waals surface area contributed by atoms with E-state index < -0.39 is 5.97 Å². The molecule has 5 nitrogen and oxygen atoms in total. The van der Waals surface area contributed by atoms with Gasteiger partial charge in [-0.1, -0.05) is 25.1 Å². The summed E-state index contributed by atoms with van der Waals surface area (Å²) in [5, 5.41) is 8.90. The van der Waals surface area contributed by atoms with Crippen molar-refractivity contribution in [1.82, 2.24) is 9.88 Å². The maximum absolute atomic E-state index is 10.8. The van der Waals surface area contributed by atoms with Gasteiger partial charge in [-0.2, -0.15) is 0 Å². The van der Waals surface area contributed by atoms with E-state index >= 15 is 0 Å². The Labute approximate surface area is 161 Å². The van der Waals surface area contributed by atoms with E-state index in [4.69, 9.17) is 9.84 Å². The van der Waals surface area contributed by atoms with Crippen LogP contribution in [-0.4, -0.2) is 40.2 Å². The van der Waals surface area contributed by atoms with Crippen molar-refractivity contribution in [1.29, 1.82) is 0 Å². The SMILES string of the molecule is CC[C@@H]1CN(CCc2cc(CCC(=O)O)ccc2C)Cc2ncccc2O1. The maximum atomic E-state index is 10.8. The molecule has 1 aromatic carbocycles. The highest BCUT2D eigenvalue weighted by atomic mass is 16.5. The van der Waals surface area contributed by atoms with E-state index in [1.165, 1.54) is 11.1 Å². The van der Waals surface area contributed by atoms with Crippen molar-refractivity contribution < 1.29 is 14.6 Å².